The number of rotatable bonds is 4. The lowest BCUT2D eigenvalue weighted by atomic mass is 10.1. The van der Waals surface area contributed by atoms with E-state index in [1.54, 1.807) is 12.1 Å². The van der Waals surface area contributed by atoms with Gasteiger partial charge >= 0.3 is 0 Å². The molecule has 102 valence electrons. The fraction of sp³-hybridized carbons (Fsp3) is 0.154. The van der Waals surface area contributed by atoms with Crippen molar-refractivity contribution in [2.45, 2.75) is 13.0 Å². The molecule has 0 aliphatic rings. The van der Waals surface area contributed by atoms with E-state index in [4.69, 9.17) is 10.3 Å². The molecule has 3 rings (SSSR count). The molecule has 6 nitrogen and oxygen atoms in total. The van der Waals surface area contributed by atoms with Crippen LogP contribution in [0.4, 0.5) is 0 Å². The minimum Gasteiger partial charge on any atom is -0.508 e. The molecule has 20 heavy (non-hydrogen) atoms. The Morgan fingerprint density at radius 3 is 2.70 bits per heavy atom. The first-order chi connectivity index (χ1) is 9.74. The molecule has 1 aromatic carbocycles. The van der Waals surface area contributed by atoms with Crippen LogP contribution in [0.3, 0.4) is 0 Å². The summed E-state index contributed by atoms with van der Waals surface area (Å²) in [4.78, 5) is 8.60. The van der Waals surface area contributed by atoms with Gasteiger partial charge in [0, 0.05) is 18.3 Å². The van der Waals surface area contributed by atoms with Crippen molar-refractivity contribution in [3.63, 3.8) is 0 Å². The lowest BCUT2D eigenvalue weighted by Gasteiger charge is -1.96. The summed E-state index contributed by atoms with van der Waals surface area (Å²) in [5.74, 6) is 1.21. The average Bonchev–Trinajstić information content (AvgIpc) is 3.10. The Morgan fingerprint density at radius 2 is 2.00 bits per heavy atom. The van der Waals surface area contributed by atoms with Crippen LogP contribution in [0.25, 0.3) is 11.6 Å². The highest BCUT2D eigenvalue weighted by Crippen LogP contribution is 2.21. The Morgan fingerprint density at radius 1 is 1.20 bits per heavy atom. The van der Waals surface area contributed by atoms with Crippen LogP contribution < -0.4 is 5.73 Å². The molecule has 0 amide bonds. The molecule has 2 heterocycles. The highest BCUT2D eigenvalue weighted by Gasteiger charge is 2.12. The van der Waals surface area contributed by atoms with Crippen molar-refractivity contribution in [3.05, 3.63) is 46.0 Å². The Kier molecular flexibility index (Phi) is 3.44. The maximum atomic E-state index is 9.23. The monoisotopic (exact) mass is 288 g/mol. The van der Waals surface area contributed by atoms with E-state index in [2.05, 4.69) is 15.1 Å². The summed E-state index contributed by atoms with van der Waals surface area (Å²) in [6, 6.07) is 6.90. The number of nitrogens with two attached hydrogens (primary N) is 1. The highest BCUT2D eigenvalue weighted by atomic mass is 32.1. The molecule has 3 N–H and O–H groups in total. The summed E-state index contributed by atoms with van der Waals surface area (Å²) in [6.07, 6.45) is 0.539. The summed E-state index contributed by atoms with van der Waals surface area (Å²) < 4.78 is 5.20. The molecule has 2 aromatic heterocycles. The number of benzene rings is 1. The lowest BCUT2D eigenvalue weighted by molar-refractivity contribution is 0.423. The quantitative estimate of drug-likeness (QED) is 0.761. The predicted octanol–water partition coefficient (Wildman–Crippen LogP) is 1.95. The molecular weight excluding hydrogens is 276 g/mol. The molecule has 0 saturated carbocycles. The van der Waals surface area contributed by atoms with Gasteiger partial charge in [0.15, 0.2) is 5.82 Å². The number of phenolic OH excluding ortho intramolecular Hbond substituents is 1. The third kappa shape index (κ3) is 2.68. The first-order valence-corrected chi connectivity index (χ1v) is 6.88. The number of nitrogens with zero attached hydrogens (tertiary/aromatic N) is 3. The van der Waals surface area contributed by atoms with Gasteiger partial charge in [0.05, 0.1) is 0 Å². The molecule has 0 unspecified atom stereocenters. The van der Waals surface area contributed by atoms with Gasteiger partial charge in [-0.15, -0.1) is 11.3 Å². The number of thiazole rings is 1. The van der Waals surface area contributed by atoms with Crippen molar-refractivity contribution in [2.24, 2.45) is 5.73 Å². The van der Waals surface area contributed by atoms with Gasteiger partial charge in [-0.2, -0.15) is 4.98 Å². The van der Waals surface area contributed by atoms with Gasteiger partial charge in [-0.25, -0.2) is 4.98 Å². The van der Waals surface area contributed by atoms with Crippen molar-refractivity contribution in [1.82, 2.24) is 15.1 Å². The number of hydrogen-bond donors (Lipinski definition) is 2. The summed E-state index contributed by atoms with van der Waals surface area (Å²) in [5, 5.41) is 15.8. The molecule has 0 aliphatic heterocycles. The standard InChI is InChI=1S/C13H12N4O2S/c14-6-12-15-10(7-20-12)13-16-11(17-19-13)5-8-1-3-9(18)4-2-8/h1-4,7,18H,5-6,14H2. The van der Waals surface area contributed by atoms with Gasteiger partial charge in [0.1, 0.15) is 16.5 Å². The van der Waals surface area contributed by atoms with Crippen molar-refractivity contribution < 1.29 is 9.63 Å². The topological polar surface area (TPSA) is 98.1 Å². The zero-order valence-electron chi connectivity index (χ0n) is 10.5. The Hall–Kier alpha value is -2.25. The van der Waals surface area contributed by atoms with E-state index in [0.717, 1.165) is 10.6 Å². The van der Waals surface area contributed by atoms with Crippen LogP contribution in [-0.4, -0.2) is 20.2 Å². The number of aromatic hydroxyl groups is 1. The highest BCUT2D eigenvalue weighted by molar-refractivity contribution is 7.09. The third-order valence-corrected chi connectivity index (χ3v) is 3.58. The van der Waals surface area contributed by atoms with Crippen molar-refractivity contribution in [1.29, 1.82) is 0 Å². The van der Waals surface area contributed by atoms with Gasteiger partial charge in [0.25, 0.3) is 5.89 Å². The van der Waals surface area contributed by atoms with Crippen LogP contribution >= 0.6 is 11.3 Å². The second-order valence-corrected chi connectivity index (χ2v) is 5.13. The first kappa shape index (κ1) is 12.8. The summed E-state index contributed by atoms with van der Waals surface area (Å²) >= 11 is 1.47. The van der Waals surface area contributed by atoms with Crippen molar-refractivity contribution in [2.75, 3.05) is 0 Å². The predicted molar refractivity (Wildman–Crippen MR) is 74.2 cm³/mol. The fourth-order valence-electron chi connectivity index (χ4n) is 1.73. The molecule has 0 bridgehead atoms. The van der Waals surface area contributed by atoms with Gasteiger partial charge in [-0.05, 0) is 17.7 Å². The molecule has 0 aliphatic carbocycles. The molecule has 0 fully saturated rings. The van der Waals surface area contributed by atoms with Crippen LogP contribution in [0.2, 0.25) is 0 Å². The summed E-state index contributed by atoms with van der Waals surface area (Å²) in [5.41, 5.74) is 7.17. The van der Waals surface area contributed by atoms with Crippen LogP contribution in [0.1, 0.15) is 16.4 Å². The number of aromatic nitrogens is 3. The van der Waals surface area contributed by atoms with E-state index in [1.165, 1.54) is 11.3 Å². The minimum absolute atomic E-state index is 0.235. The normalized spacial score (nSPS) is 10.8. The maximum absolute atomic E-state index is 9.23. The molecule has 0 saturated heterocycles. The van der Waals surface area contributed by atoms with Crippen molar-refractivity contribution >= 4 is 11.3 Å². The molecule has 3 aromatic rings. The molecule has 0 radical (unpaired) electrons. The number of phenols is 1. The van der Waals surface area contributed by atoms with Gasteiger partial charge in [-0.3, -0.25) is 0 Å². The minimum atomic E-state index is 0.235. The maximum Gasteiger partial charge on any atom is 0.277 e. The lowest BCUT2D eigenvalue weighted by Crippen LogP contribution is -1.94. The Bertz CT molecular complexity index is 705. The zero-order chi connectivity index (χ0) is 13.9. The van der Waals surface area contributed by atoms with Crippen molar-refractivity contribution in [3.8, 4) is 17.3 Å². The van der Waals surface area contributed by atoms with Gasteiger partial charge in [0.2, 0.25) is 0 Å². The van der Waals surface area contributed by atoms with Gasteiger partial charge < -0.3 is 15.4 Å². The first-order valence-electron chi connectivity index (χ1n) is 6.00. The molecule has 0 spiro atoms. The summed E-state index contributed by atoms with van der Waals surface area (Å²) in [7, 11) is 0. The van der Waals surface area contributed by atoms with Gasteiger partial charge in [-0.1, -0.05) is 17.3 Å². The SMILES string of the molecule is NCc1nc(-c2nc(Cc3ccc(O)cc3)no2)cs1. The van der Waals surface area contributed by atoms with E-state index < -0.39 is 0 Å². The molecular formula is C13H12N4O2S. The van der Waals surface area contributed by atoms with Crippen LogP contribution in [0, 0.1) is 0 Å². The van der Waals surface area contributed by atoms with E-state index in [9.17, 15) is 5.11 Å². The smallest absolute Gasteiger partial charge is 0.277 e. The van der Waals surface area contributed by atoms with Crippen LogP contribution in [0.5, 0.6) is 5.75 Å². The largest absolute Gasteiger partial charge is 0.508 e. The average molecular weight is 288 g/mol. The summed E-state index contributed by atoms with van der Waals surface area (Å²) in [6.45, 7) is 0.402. The van der Waals surface area contributed by atoms with Crippen LogP contribution in [-0.2, 0) is 13.0 Å². The third-order valence-electron chi connectivity index (χ3n) is 2.71. The van der Waals surface area contributed by atoms with E-state index in [-0.39, 0.29) is 5.75 Å². The second kappa shape index (κ2) is 5.40. The molecule has 7 heteroatoms. The van der Waals surface area contributed by atoms with E-state index in [0.29, 0.717) is 30.4 Å². The molecule has 0 atom stereocenters. The van der Waals surface area contributed by atoms with E-state index >= 15 is 0 Å². The fourth-order valence-corrected chi connectivity index (χ4v) is 2.38. The van der Waals surface area contributed by atoms with Crippen LogP contribution in [0.15, 0.2) is 34.2 Å². The zero-order valence-corrected chi connectivity index (χ0v) is 11.3. The Balaban J connectivity index is 1.78. The van der Waals surface area contributed by atoms with E-state index in [1.807, 2.05) is 17.5 Å². The second-order valence-electron chi connectivity index (χ2n) is 4.19. The number of hydrogen-bond acceptors (Lipinski definition) is 7. The Labute approximate surface area is 118 Å².